The van der Waals surface area contributed by atoms with E-state index in [1.54, 1.807) is 0 Å². The van der Waals surface area contributed by atoms with E-state index in [4.69, 9.17) is 16.3 Å². The van der Waals surface area contributed by atoms with Crippen LogP contribution in [-0.4, -0.2) is 115 Å². The second kappa shape index (κ2) is 15.7. The summed E-state index contributed by atoms with van der Waals surface area (Å²) < 4.78 is 75.5. The van der Waals surface area contributed by atoms with Crippen LogP contribution < -0.4 is 20.6 Å². The van der Waals surface area contributed by atoms with Gasteiger partial charge in [0.1, 0.15) is 23.2 Å². The number of aromatic hydroxyl groups is 3. The summed E-state index contributed by atoms with van der Waals surface area (Å²) >= 11 is 6.16. The largest absolute Gasteiger partial charge is 0.547 e. The Balaban J connectivity index is 1.14. The Labute approximate surface area is 322 Å². The number of carboxylic acid groups (broad SMARTS) is 1. The highest BCUT2D eigenvalue weighted by molar-refractivity contribution is 6.47. The zero-order valence-electron chi connectivity index (χ0n) is 28.9. The molecule has 0 saturated carbocycles. The maximum Gasteiger partial charge on any atom is 0.547 e. The molecule has 3 aliphatic heterocycles. The average Bonchev–Trinajstić information content (AvgIpc) is 3.56. The lowest BCUT2D eigenvalue weighted by Gasteiger charge is -2.36. The summed E-state index contributed by atoms with van der Waals surface area (Å²) in [6.45, 7) is -0.309. The van der Waals surface area contributed by atoms with Gasteiger partial charge in [-0.2, -0.15) is 4.39 Å². The number of fused-ring (bicyclic) bond motifs is 1. The Bertz CT molecular complexity index is 2200. The van der Waals surface area contributed by atoms with Crippen LogP contribution in [0.25, 0.3) is 0 Å². The molecule has 6 rings (SSSR count). The summed E-state index contributed by atoms with van der Waals surface area (Å²) in [5.41, 5.74) is -2.23. The van der Waals surface area contributed by atoms with Crippen LogP contribution >= 0.6 is 11.6 Å². The number of anilines is 1. The summed E-state index contributed by atoms with van der Waals surface area (Å²) in [5.74, 6) is -16.6. The predicted molar refractivity (Wildman–Crippen MR) is 184 cm³/mol. The Hall–Kier alpha value is -6.23. The first kappa shape index (κ1) is 40.4. The van der Waals surface area contributed by atoms with Gasteiger partial charge in [-0.15, -0.1) is 0 Å². The molecule has 3 heterocycles. The van der Waals surface area contributed by atoms with Crippen molar-refractivity contribution in [2.75, 3.05) is 31.5 Å². The van der Waals surface area contributed by atoms with Crippen LogP contribution in [0.5, 0.6) is 23.0 Å². The molecule has 0 bridgehead atoms. The van der Waals surface area contributed by atoms with E-state index in [2.05, 4.69) is 16.0 Å². The molecule has 8 N–H and O–H groups in total. The molecule has 7 amide bonds. The second-order valence-electron chi connectivity index (χ2n) is 13.0. The number of carbonyl (C=O) groups is 5. The minimum Gasteiger partial charge on any atom is -0.534 e. The van der Waals surface area contributed by atoms with E-state index in [0.29, 0.717) is 17.0 Å². The van der Waals surface area contributed by atoms with Gasteiger partial charge in [-0.25, -0.2) is 41.6 Å². The Morgan fingerprint density at radius 2 is 1.56 bits per heavy atom. The van der Waals surface area contributed by atoms with Crippen LogP contribution in [-0.2, 0) is 11.2 Å². The second-order valence-corrected chi connectivity index (χ2v) is 13.4. The summed E-state index contributed by atoms with van der Waals surface area (Å²) in [6.07, 6.45) is -0.0532. The zero-order valence-corrected chi connectivity index (χ0v) is 29.6. The van der Waals surface area contributed by atoms with E-state index >= 15 is 0 Å². The van der Waals surface area contributed by atoms with Gasteiger partial charge in [0.05, 0.1) is 16.7 Å². The van der Waals surface area contributed by atoms with Gasteiger partial charge in [-0.05, 0) is 37.0 Å². The normalized spacial score (nSPS) is 17.5. The number of piperidine rings is 1. The molecule has 0 spiro atoms. The van der Waals surface area contributed by atoms with E-state index in [1.807, 2.05) is 0 Å². The maximum atomic E-state index is 14.7. The summed E-state index contributed by atoms with van der Waals surface area (Å²) in [5, 5.41) is 55.4. The number of amides is 7. The molecule has 24 heteroatoms. The number of carboxylic acids is 1. The van der Waals surface area contributed by atoms with Crippen molar-refractivity contribution in [3.05, 3.63) is 75.1 Å². The molecule has 3 aromatic rings. The van der Waals surface area contributed by atoms with Crippen LogP contribution in [0.4, 0.5) is 42.0 Å². The number of likely N-dealkylation sites (tertiary alicyclic amines) is 1. The van der Waals surface area contributed by atoms with Gasteiger partial charge in [0.2, 0.25) is 11.7 Å². The quantitative estimate of drug-likeness (QED) is 0.0745. The summed E-state index contributed by atoms with van der Waals surface area (Å²) in [6, 6.07) is -2.70. The predicted octanol–water partition coefficient (Wildman–Crippen LogP) is 3.17. The molecule has 3 aromatic carbocycles. The number of phenolic OH excluding ortho intramolecular Hbond substituents is 3. The molecule has 17 nitrogen and oxygen atoms in total. The van der Waals surface area contributed by atoms with E-state index < -0.39 is 129 Å². The molecule has 2 saturated heterocycles. The molecule has 0 radical (unpaired) electrons. The molecule has 2 atom stereocenters. The number of carbonyl (C=O) groups excluding carboxylic acids is 4. The van der Waals surface area contributed by atoms with Crippen molar-refractivity contribution in [2.45, 2.75) is 37.3 Å². The van der Waals surface area contributed by atoms with Crippen LogP contribution in [0.2, 0.25) is 5.02 Å². The van der Waals surface area contributed by atoms with E-state index in [1.165, 1.54) is 9.80 Å². The average molecular weight is 827 g/mol. The van der Waals surface area contributed by atoms with Crippen molar-refractivity contribution in [3.63, 3.8) is 0 Å². The van der Waals surface area contributed by atoms with Gasteiger partial charge in [0.15, 0.2) is 34.7 Å². The number of imide groups is 1. The Morgan fingerprint density at radius 1 is 0.877 bits per heavy atom. The van der Waals surface area contributed by atoms with Crippen LogP contribution in [0.1, 0.15) is 40.4 Å². The summed E-state index contributed by atoms with van der Waals surface area (Å²) in [4.78, 5) is 68.4. The van der Waals surface area contributed by atoms with Crippen LogP contribution in [0.15, 0.2) is 24.3 Å². The van der Waals surface area contributed by atoms with Gasteiger partial charge in [0, 0.05) is 43.9 Å². The number of hydrogen-bond donors (Lipinski definition) is 8. The van der Waals surface area contributed by atoms with Crippen LogP contribution in [0.3, 0.4) is 0 Å². The standard InChI is InChI=1S/C33H29BClF5N6O11/c35-21-14(10-17(38)25(47)26(21)48)24(29(50)42-19-9-12-1-2-15(36)20(30(51)52)28(12)57-34(19)56)43-32(54)46-8-7-45(33(46)55)13-3-5-44(6-4-13)31(53)41-18-11-16(37)22(39)27(49)23(18)40/h1-2,10-11,13,19,24,47-49,56H,3-9H2,(H,41,53)(H,42,50)(H,43,54)(H,51,52)/t19-,24?/m0/s1. The van der Waals surface area contributed by atoms with Crippen molar-refractivity contribution in [2.24, 2.45) is 0 Å². The van der Waals surface area contributed by atoms with Gasteiger partial charge in [-0.1, -0.05) is 17.7 Å². The zero-order chi connectivity index (χ0) is 41.6. The highest BCUT2D eigenvalue weighted by atomic mass is 35.5. The van der Waals surface area contributed by atoms with Crippen molar-refractivity contribution < 1.29 is 76.0 Å². The lowest BCUT2D eigenvalue weighted by Crippen LogP contribution is -2.56. The number of urea groups is 3. The Kier molecular flexibility index (Phi) is 11.2. The first-order valence-electron chi connectivity index (χ1n) is 16.8. The fourth-order valence-corrected chi connectivity index (χ4v) is 6.93. The third kappa shape index (κ3) is 7.66. The minimum absolute atomic E-state index is 0.0197. The van der Waals surface area contributed by atoms with Crippen molar-refractivity contribution in [1.82, 2.24) is 25.3 Å². The fourth-order valence-electron chi connectivity index (χ4n) is 6.68. The van der Waals surface area contributed by atoms with Gasteiger partial charge in [-0.3, -0.25) is 4.79 Å². The third-order valence-electron chi connectivity index (χ3n) is 9.64. The number of nitrogens with one attached hydrogen (secondary N) is 3. The topological polar surface area (TPSA) is 242 Å². The molecule has 3 aliphatic rings. The van der Waals surface area contributed by atoms with E-state index in [9.17, 15) is 71.4 Å². The van der Waals surface area contributed by atoms with Gasteiger partial charge >= 0.3 is 31.2 Å². The molecule has 0 aromatic heterocycles. The molecule has 302 valence electrons. The monoisotopic (exact) mass is 826 g/mol. The number of nitrogens with zero attached hydrogens (tertiary/aromatic N) is 3. The van der Waals surface area contributed by atoms with Crippen LogP contribution in [0, 0.1) is 29.1 Å². The molecule has 2 fully saturated rings. The number of aromatic carboxylic acids is 1. The number of phenols is 3. The van der Waals surface area contributed by atoms with Gasteiger partial charge in [0.25, 0.3) is 0 Å². The Morgan fingerprint density at radius 3 is 2.23 bits per heavy atom. The van der Waals surface area contributed by atoms with E-state index in [-0.39, 0.29) is 51.0 Å². The molecule has 0 aliphatic carbocycles. The number of rotatable bonds is 7. The molecule has 57 heavy (non-hydrogen) atoms. The van der Waals surface area contributed by atoms with E-state index in [0.717, 1.165) is 12.1 Å². The lowest BCUT2D eigenvalue weighted by molar-refractivity contribution is -0.123. The van der Waals surface area contributed by atoms with Crippen molar-refractivity contribution in [1.29, 1.82) is 0 Å². The first-order valence-corrected chi connectivity index (χ1v) is 17.2. The third-order valence-corrected chi connectivity index (χ3v) is 10.0. The fraction of sp³-hybridized carbons (Fsp3) is 0.303. The highest BCUT2D eigenvalue weighted by Gasteiger charge is 2.43. The number of benzene rings is 3. The van der Waals surface area contributed by atoms with Gasteiger partial charge < -0.3 is 55.9 Å². The summed E-state index contributed by atoms with van der Waals surface area (Å²) in [7, 11) is -1.98. The van der Waals surface area contributed by atoms with Crippen molar-refractivity contribution >= 4 is 54.4 Å². The SMILES string of the molecule is O=C(O)c1c(F)ccc2c1OB(O)[C@@H](NC(=O)C(NC(=O)N1CCN(C3CCN(C(=O)Nc4cc(F)c(F)c(O)c4F)CC3)C1=O)c1cc(F)c(O)c(O)c1Cl)C2. The molecular weight excluding hydrogens is 798 g/mol. The number of hydrogen-bond acceptors (Lipinski definition) is 10. The maximum absolute atomic E-state index is 14.7. The highest BCUT2D eigenvalue weighted by Crippen LogP contribution is 2.41. The number of halogens is 6. The molecular formula is C33H29BClF5N6O11. The minimum atomic E-state index is -2.03. The first-order chi connectivity index (χ1) is 26.9. The smallest absolute Gasteiger partial charge is 0.534 e. The molecule has 1 unspecified atom stereocenters. The van der Waals surface area contributed by atoms with Crippen molar-refractivity contribution in [3.8, 4) is 23.0 Å². The lowest BCUT2D eigenvalue weighted by atomic mass is 9.72.